The van der Waals surface area contributed by atoms with Crippen molar-refractivity contribution < 1.29 is 14.0 Å². The van der Waals surface area contributed by atoms with E-state index in [-0.39, 0.29) is 24.2 Å². The van der Waals surface area contributed by atoms with Gasteiger partial charge in [-0.25, -0.2) is 4.98 Å². The molecule has 1 aliphatic rings. The van der Waals surface area contributed by atoms with Crippen LogP contribution in [0.25, 0.3) is 0 Å². The van der Waals surface area contributed by atoms with E-state index in [1.165, 1.54) is 12.7 Å². The summed E-state index contributed by atoms with van der Waals surface area (Å²) in [5, 5.41) is 2.90. The third-order valence-corrected chi connectivity index (χ3v) is 4.35. The number of Topliss-reactive ketones (excluding diaryl/α,β-unsaturated/α-hetero) is 1. The number of piperidine rings is 1. The van der Waals surface area contributed by atoms with Gasteiger partial charge in [-0.3, -0.25) is 9.59 Å². The molecule has 3 heterocycles. The molecule has 6 nitrogen and oxygen atoms in total. The van der Waals surface area contributed by atoms with Gasteiger partial charge in [0.15, 0.2) is 11.5 Å². The highest BCUT2D eigenvalue weighted by molar-refractivity contribution is 6.00. The van der Waals surface area contributed by atoms with Crippen molar-refractivity contribution in [3.05, 3.63) is 48.0 Å². The molecule has 1 saturated heterocycles. The van der Waals surface area contributed by atoms with E-state index in [1.807, 2.05) is 6.92 Å². The third kappa shape index (κ3) is 4.26. The Morgan fingerprint density at radius 2 is 2.04 bits per heavy atom. The van der Waals surface area contributed by atoms with Crippen molar-refractivity contribution in [2.75, 3.05) is 18.0 Å². The van der Waals surface area contributed by atoms with Gasteiger partial charge in [0.2, 0.25) is 0 Å². The Balaban J connectivity index is 1.65. The van der Waals surface area contributed by atoms with Crippen molar-refractivity contribution in [1.82, 2.24) is 10.3 Å². The van der Waals surface area contributed by atoms with E-state index < -0.39 is 0 Å². The Hall–Kier alpha value is -2.63. The van der Waals surface area contributed by atoms with Gasteiger partial charge in [0.25, 0.3) is 5.91 Å². The van der Waals surface area contributed by atoms with Gasteiger partial charge < -0.3 is 14.6 Å². The number of nitrogens with zero attached hydrogens (tertiary/aromatic N) is 2. The van der Waals surface area contributed by atoms with Crippen LogP contribution in [0.4, 0.5) is 5.82 Å². The zero-order valence-corrected chi connectivity index (χ0v) is 14.4. The van der Waals surface area contributed by atoms with E-state index in [4.69, 9.17) is 4.42 Å². The summed E-state index contributed by atoms with van der Waals surface area (Å²) in [6.07, 6.45) is 6.83. The lowest BCUT2D eigenvalue weighted by Crippen LogP contribution is -2.37. The van der Waals surface area contributed by atoms with Crippen LogP contribution < -0.4 is 10.2 Å². The molecule has 2 aromatic heterocycles. The van der Waals surface area contributed by atoms with Crippen LogP contribution in [0.15, 0.2) is 41.1 Å². The molecule has 0 aliphatic carbocycles. The summed E-state index contributed by atoms with van der Waals surface area (Å²) in [4.78, 5) is 31.3. The lowest BCUT2D eigenvalue weighted by Gasteiger charge is -2.29. The lowest BCUT2D eigenvalue weighted by atomic mass is 10.1. The second-order valence-electron chi connectivity index (χ2n) is 6.40. The van der Waals surface area contributed by atoms with E-state index in [1.54, 1.807) is 30.5 Å². The third-order valence-electron chi connectivity index (χ3n) is 4.35. The van der Waals surface area contributed by atoms with Crippen molar-refractivity contribution in [2.24, 2.45) is 0 Å². The van der Waals surface area contributed by atoms with Gasteiger partial charge in [-0.15, -0.1) is 0 Å². The molecule has 2 aromatic rings. The summed E-state index contributed by atoms with van der Waals surface area (Å²) >= 11 is 0. The van der Waals surface area contributed by atoms with Gasteiger partial charge in [0.1, 0.15) is 5.82 Å². The summed E-state index contributed by atoms with van der Waals surface area (Å²) in [5.41, 5.74) is 0.557. The fourth-order valence-electron chi connectivity index (χ4n) is 3.10. The number of carbonyl (C=O) groups excluding carboxylic acids is 2. The predicted molar refractivity (Wildman–Crippen MR) is 94.9 cm³/mol. The molecule has 0 unspecified atom stereocenters. The largest absolute Gasteiger partial charge is 0.461 e. The lowest BCUT2D eigenvalue weighted by molar-refractivity contribution is 0.0907. The highest BCUT2D eigenvalue weighted by Gasteiger charge is 2.21. The van der Waals surface area contributed by atoms with Crippen LogP contribution in [0, 0.1) is 0 Å². The molecule has 1 amide bonds. The number of hydrogen-bond donors (Lipinski definition) is 1. The van der Waals surface area contributed by atoms with Crippen LogP contribution in [-0.4, -0.2) is 35.8 Å². The number of nitrogens with one attached hydrogen (secondary N) is 1. The maximum absolute atomic E-state index is 12.7. The van der Waals surface area contributed by atoms with E-state index in [0.29, 0.717) is 11.3 Å². The SMILES string of the molecule is C[C@@H](CC(=O)c1ccco1)NC(=O)c1cccnc1N1CCCCC1. The van der Waals surface area contributed by atoms with Crippen LogP contribution in [0.3, 0.4) is 0 Å². The molecule has 132 valence electrons. The highest BCUT2D eigenvalue weighted by Crippen LogP contribution is 2.21. The van der Waals surface area contributed by atoms with Crippen LogP contribution in [0.1, 0.15) is 53.5 Å². The van der Waals surface area contributed by atoms with Crippen molar-refractivity contribution in [2.45, 2.75) is 38.6 Å². The predicted octanol–water partition coefficient (Wildman–Crippen LogP) is 3.06. The van der Waals surface area contributed by atoms with Crippen LogP contribution in [0.2, 0.25) is 0 Å². The minimum atomic E-state index is -0.292. The van der Waals surface area contributed by atoms with E-state index in [2.05, 4.69) is 15.2 Å². The van der Waals surface area contributed by atoms with Crippen molar-refractivity contribution in [3.8, 4) is 0 Å². The fourth-order valence-corrected chi connectivity index (χ4v) is 3.10. The molecule has 0 spiro atoms. The van der Waals surface area contributed by atoms with E-state index in [9.17, 15) is 9.59 Å². The number of anilines is 1. The number of rotatable bonds is 6. The molecule has 6 heteroatoms. The number of aromatic nitrogens is 1. The quantitative estimate of drug-likeness (QED) is 0.817. The molecule has 0 aromatic carbocycles. The minimum absolute atomic E-state index is 0.125. The van der Waals surface area contributed by atoms with Gasteiger partial charge in [-0.2, -0.15) is 0 Å². The molecular weight excluding hydrogens is 318 g/mol. The van der Waals surface area contributed by atoms with Crippen LogP contribution in [0.5, 0.6) is 0 Å². The number of pyridine rings is 1. The number of carbonyl (C=O) groups is 2. The van der Waals surface area contributed by atoms with Gasteiger partial charge >= 0.3 is 0 Å². The Bertz CT molecular complexity index is 721. The molecule has 0 bridgehead atoms. The standard InChI is InChI=1S/C19H23N3O3/c1-14(13-16(23)17-8-6-12-25-17)21-19(24)15-7-5-9-20-18(15)22-10-3-2-4-11-22/h5-9,12,14H,2-4,10-11,13H2,1H3,(H,21,24)/t14-/m0/s1. The first-order chi connectivity index (χ1) is 12.1. The summed E-state index contributed by atoms with van der Waals surface area (Å²) in [6, 6.07) is 6.57. The molecule has 3 rings (SSSR count). The van der Waals surface area contributed by atoms with Gasteiger partial charge in [0, 0.05) is 31.7 Å². The Morgan fingerprint density at radius 3 is 2.76 bits per heavy atom. The summed E-state index contributed by atoms with van der Waals surface area (Å²) in [7, 11) is 0. The second kappa shape index (κ2) is 7.96. The number of ketones is 1. The molecule has 0 saturated carbocycles. The average molecular weight is 341 g/mol. The van der Waals surface area contributed by atoms with Crippen LogP contribution in [-0.2, 0) is 0 Å². The zero-order valence-electron chi connectivity index (χ0n) is 14.4. The monoisotopic (exact) mass is 341 g/mol. The van der Waals surface area contributed by atoms with Gasteiger partial charge in [-0.05, 0) is 50.5 Å². The molecule has 1 fully saturated rings. The Labute approximate surface area is 147 Å². The number of furan rings is 1. The first-order valence-corrected chi connectivity index (χ1v) is 8.72. The van der Waals surface area contributed by atoms with Gasteiger partial charge in [0.05, 0.1) is 11.8 Å². The topological polar surface area (TPSA) is 75.4 Å². The smallest absolute Gasteiger partial charge is 0.255 e. The Kier molecular flexibility index (Phi) is 5.48. The average Bonchev–Trinajstić information content (AvgIpc) is 3.17. The maximum Gasteiger partial charge on any atom is 0.255 e. The van der Waals surface area contributed by atoms with E-state index in [0.717, 1.165) is 31.7 Å². The molecule has 1 aliphatic heterocycles. The molecule has 1 N–H and O–H groups in total. The summed E-state index contributed by atoms with van der Waals surface area (Å²) in [5.74, 6) is 0.717. The first kappa shape index (κ1) is 17.2. The zero-order chi connectivity index (χ0) is 17.6. The first-order valence-electron chi connectivity index (χ1n) is 8.72. The molecule has 25 heavy (non-hydrogen) atoms. The van der Waals surface area contributed by atoms with Crippen molar-refractivity contribution >= 4 is 17.5 Å². The molecular formula is C19H23N3O3. The number of amides is 1. The number of hydrogen-bond acceptors (Lipinski definition) is 5. The fraction of sp³-hybridized carbons (Fsp3) is 0.421. The van der Waals surface area contributed by atoms with Crippen molar-refractivity contribution in [3.63, 3.8) is 0 Å². The Morgan fingerprint density at radius 1 is 1.24 bits per heavy atom. The van der Waals surface area contributed by atoms with E-state index >= 15 is 0 Å². The maximum atomic E-state index is 12.7. The minimum Gasteiger partial charge on any atom is -0.461 e. The molecule has 1 atom stereocenters. The molecule has 0 radical (unpaired) electrons. The van der Waals surface area contributed by atoms with Gasteiger partial charge in [-0.1, -0.05) is 0 Å². The summed E-state index contributed by atoms with van der Waals surface area (Å²) in [6.45, 7) is 3.66. The van der Waals surface area contributed by atoms with Crippen molar-refractivity contribution in [1.29, 1.82) is 0 Å². The second-order valence-corrected chi connectivity index (χ2v) is 6.40. The highest BCUT2D eigenvalue weighted by atomic mass is 16.3. The summed E-state index contributed by atoms with van der Waals surface area (Å²) < 4.78 is 5.11. The van der Waals surface area contributed by atoms with Crippen LogP contribution >= 0.6 is 0 Å². The normalized spacial score (nSPS) is 15.6.